The van der Waals surface area contributed by atoms with Crippen molar-refractivity contribution < 1.29 is 14.6 Å². The fourth-order valence-electron chi connectivity index (χ4n) is 1.98. The Morgan fingerprint density at radius 1 is 1.45 bits per heavy atom. The first-order chi connectivity index (χ1) is 9.61. The first-order valence-electron chi connectivity index (χ1n) is 6.29. The van der Waals surface area contributed by atoms with Crippen molar-refractivity contribution >= 4 is 33.2 Å². The lowest BCUT2D eigenvalue weighted by molar-refractivity contribution is -0.138. The quantitative estimate of drug-likeness (QED) is 0.839. The second kappa shape index (κ2) is 6.90. The van der Waals surface area contributed by atoms with E-state index < -0.39 is 11.9 Å². The zero-order valence-electron chi connectivity index (χ0n) is 11.0. The maximum Gasteiger partial charge on any atom is 0.312 e. The number of carboxylic acid groups (broad SMARTS) is 1. The van der Waals surface area contributed by atoms with Gasteiger partial charge in [-0.1, -0.05) is 12.1 Å². The van der Waals surface area contributed by atoms with Gasteiger partial charge in [0.25, 0.3) is 0 Å². The zero-order valence-corrected chi connectivity index (χ0v) is 13.4. The monoisotopic (exact) mass is 354 g/mol. The van der Waals surface area contributed by atoms with E-state index in [9.17, 15) is 9.90 Å². The third-order valence-corrected chi connectivity index (χ3v) is 4.53. The van der Waals surface area contributed by atoms with E-state index >= 15 is 0 Å². The summed E-state index contributed by atoms with van der Waals surface area (Å²) in [5.74, 6) is -0.517. The Morgan fingerprint density at radius 2 is 2.25 bits per heavy atom. The standard InChI is InChI=1S/C15H15BrO3S/c1-2-19-13-6-5-10(9-12(13)16)8-11(15(17)18)14-4-3-7-20-14/h3-7,9,11H,2,8H2,1H3,(H,17,18). The number of ether oxygens (including phenoxy) is 1. The minimum Gasteiger partial charge on any atom is -0.493 e. The molecule has 5 heteroatoms. The maximum absolute atomic E-state index is 11.4. The van der Waals surface area contributed by atoms with Gasteiger partial charge in [-0.25, -0.2) is 0 Å². The van der Waals surface area contributed by atoms with Gasteiger partial charge in [-0.15, -0.1) is 11.3 Å². The summed E-state index contributed by atoms with van der Waals surface area (Å²) >= 11 is 4.93. The average Bonchev–Trinajstić information content (AvgIpc) is 2.92. The first kappa shape index (κ1) is 15.1. The van der Waals surface area contributed by atoms with E-state index in [0.717, 1.165) is 20.7 Å². The Kier molecular flexibility index (Phi) is 5.20. The minimum absolute atomic E-state index is 0.473. The summed E-state index contributed by atoms with van der Waals surface area (Å²) in [5.41, 5.74) is 0.973. The number of rotatable bonds is 6. The summed E-state index contributed by atoms with van der Waals surface area (Å²) in [6.45, 7) is 2.53. The zero-order chi connectivity index (χ0) is 14.5. The largest absolute Gasteiger partial charge is 0.493 e. The maximum atomic E-state index is 11.4. The molecule has 1 heterocycles. The second-order valence-electron chi connectivity index (χ2n) is 4.31. The Hall–Kier alpha value is -1.33. The molecule has 1 aromatic carbocycles. The van der Waals surface area contributed by atoms with Gasteiger partial charge in [0.2, 0.25) is 0 Å². The highest BCUT2D eigenvalue weighted by atomic mass is 79.9. The molecule has 1 N–H and O–H groups in total. The van der Waals surface area contributed by atoms with Crippen LogP contribution in [0.3, 0.4) is 0 Å². The number of hydrogen-bond acceptors (Lipinski definition) is 3. The summed E-state index contributed by atoms with van der Waals surface area (Å²) in [4.78, 5) is 12.3. The van der Waals surface area contributed by atoms with Gasteiger partial charge in [-0.05, 0) is 58.4 Å². The third kappa shape index (κ3) is 3.61. The molecule has 0 spiro atoms. The summed E-state index contributed by atoms with van der Waals surface area (Å²) < 4.78 is 6.31. The van der Waals surface area contributed by atoms with Gasteiger partial charge in [0.15, 0.2) is 0 Å². The van der Waals surface area contributed by atoms with Gasteiger partial charge in [0.1, 0.15) is 5.75 Å². The van der Waals surface area contributed by atoms with Crippen LogP contribution < -0.4 is 4.74 Å². The molecule has 2 rings (SSSR count). The molecule has 2 aromatic rings. The highest BCUT2D eigenvalue weighted by Gasteiger charge is 2.21. The summed E-state index contributed by atoms with van der Waals surface area (Å²) in [6, 6.07) is 9.46. The van der Waals surface area contributed by atoms with Crippen molar-refractivity contribution in [2.24, 2.45) is 0 Å². The lowest BCUT2D eigenvalue weighted by Gasteiger charge is -2.12. The molecular weight excluding hydrogens is 340 g/mol. The van der Waals surface area contributed by atoms with Crippen LogP contribution in [0.5, 0.6) is 5.75 Å². The SMILES string of the molecule is CCOc1ccc(CC(C(=O)O)c2cccs2)cc1Br. The predicted octanol–water partition coefficient (Wildman–Crippen LogP) is 4.32. The molecular formula is C15H15BrO3S. The molecule has 1 unspecified atom stereocenters. The molecule has 1 aromatic heterocycles. The van der Waals surface area contributed by atoms with E-state index in [1.807, 2.05) is 42.6 Å². The molecule has 0 radical (unpaired) electrons. The van der Waals surface area contributed by atoms with Crippen molar-refractivity contribution in [1.82, 2.24) is 0 Å². The van der Waals surface area contributed by atoms with Gasteiger partial charge >= 0.3 is 5.97 Å². The molecule has 106 valence electrons. The van der Waals surface area contributed by atoms with Crippen LogP contribution in [-0.2, 0) is 11.2 Å². The van der Waals surface area contributed by atoms with E-state index in [1.54, 1.807) is 0 Å². The highest BCUT2D eigenvalue weighted by Crippen LogP contribution is 2.30. The van der Waals surface area contributed by atoms with Crippen LogP contribution in [0.25, 0.3) is 0 Å². The van der Waals surface area contributed by atoms with Crippen molar-refractivity contribution in [1.29, 1.82) is 0 Å². The number of thiophene rings is 1. The fourth-order valence-corrected chi connectivity index (χ4v) is 3.34. The van der Waals surface area contributed by atoms with Crippen LogP contribution in [-0.4, -0.2) is 17.7 Å². The molecule has 0 aliphatic heterocycles. The van der Waals surface area contributed by atoms with Crippen molar-refractivity contribution in [3.63, 3.8) is 0 Å². The Bertz CT molecular complexity index is 581. The van der Waals surface area contributed by atoms with Crippen LogP contribution in [0.1, 0.15) is 23.3 Å². The smallest absolute Gasteiger partial charge is 0.312 e. The number of aliphatic carboxylic acids is 1. The van der Waals surface area contributed by atoms with Crippen molar-refractivity contribution in [3.8, 4) is 5.75 Å². The number of hydrogen-bond donors (Lipinski definition) is 1. The van der Waals surface area contributed by atoms with Crippen LogP contribution in [0, 0.1) is 0 Å². The van der Waals surface area contributed by atoms with Crippen LogP contribution in [0.15, 0.2) is 40.2 Å². The topological polar surface area (TPSA) is 46.5 Å². The molecule has 0 saturated carbocycles. The molecule has 20 heavy (non-hydrogen) atoms. The highest BCUT2D eigenvalue weighted by molar-refractivity contribution is 9.10. The van der Waals surface area contributed by atoms with Gasteiger partial charge < -0.3 is 9.84 Å². The summed E-state index contributed by atoms with van der Waals surface area (Å²) in [5, 5.41) is 11.3. The third-order valence-electron chi connectivity index (χ3n) is 2.92. The van der Waals surface area contributed by atoms with Crippen molar-refractivity contribution in [2.75, 3.05) is 6.61 Å². The normalized spacial score (nSPS) is 12.1. The van der Waals surface area contributed by atoms with E-state index in [1.165, 1.54) is 11.3 Å². The minimum atomic E-state index is -0.794. The van der Waals surface area contributed by atoms with Crippen LogP contribution >= 0.6 is 27.3 Å². The Morgan fingerprint density at radius 3 is 2.80 bits per heavy atom. The molecule has 1 atom stereocenters. The second-order valence-corrected chi connectivity index (χ2v) is 6.14. The molecule has 0 saturated heterocycles. The van der Waals surface area contributed by atoms with E-state index in [2.05, 4.69) is 15.9 Å². The molecule has 0 bridgehead atoms. The van der Waals surface area contributed by atoms with Gasteiger partial charge in [-0.2, -0.15) is 0 Å². The number of carboxylic acids is 1. The van der Waals surface area contributed by atoms with Crippen molar-refractivity contribution in [3.05, 3.63) is 50.6 Å². The lowest BCUT2D eigenvalue weighted by Crippen LogP contribution is -2.13. The number of carbonyl (C=O) groups is 1. The molecule has 3 nitrogen and oxygen atoms in total. The van der Waals surface area contributed by atoms with E-state index in [4.69, 9.17) is 4.74 Å². The van der Waals surface area contributed by atoms with Crippen molar-refractivity contribution in [2.45, 2.75) is 19.3 Å². The predicted molar refractivity (Wildman–Crippen MR) is 83.7 cm³/mol. The average molecular weight is 355 g/mol. The number of benzene rings is 1. The van der Waals surface area contributed by atoms with Gasteiger partial charge in [0.05, 0.1) is 17.0 Å². The van der Waals surface area contributed by atoms with E-state index in [-0.39, 0.29) is 0 Å². The van der Waals surface area contributed by atoms with Gasteiger partial charge in [-0.3, -0.25) is 4.79 Å². The van der Waals surface area contributed by atoms with Crippen LogP contribution in [0.4, 0.5) is 0 Å². The first-order valence-corrected chi connectivity index (χ1v) is 7.96. The molecule has 0 aliphatic carbocycles. The lowest BCUT2D eigenvalue weighted by atomic mass is 9.98. The Labute approximate surface area is 130 Å². The van der Waals surface area contributed by atoms with Gasteiger partial charge in [0, 0.05) is 4.88 Å². The summed E-state index contributed by atoms with van der Waals surface area (Å²) in [7, 11) is 0. The molecule has 0 fully saturated rings. The Balaban J connectivity index is 2.19. The van der Waals surface area contributed by atoms with E-state index in [0.29, 0.717) is 13.0 Å². The summed E-state index contributed by atoms with van der Waals surface area (Å²) in [6.07, 6.45) is 0.473. The van der Waals surface area contributed by atoms with Crippen LogP contribution in [0.2, 0.25) is 0 Å². The fraction of sp³-hybridized carbons (Fsp3) is 0.267. The molecule has 0 aliphatic rings. The molecule has 0 amide bonds. The number of halogens is 1.